The highest BCUT2D eigenvalue weighted by Gasteiger charge is 2.21. The van der Waals surface area contributed by atoms with Crippen LogP contribution in [0.3, 0.4) is 0 Å². The van der Waals surface area contributed by atoms with Gasteiger partial charge >= 0.3 is 5.97 Å². The number of hydrogen-bond acceptors (Lipinski definition) is 5. The first-order valence-corrected chi connectivity index (χ1v) is 7.46. The van der Waals surface area contributed by atoms with E-state index in [4.69, 9.17) is 9.52 Å². The molecular weight excluding hydrogens is 292 g/mol. The lowest BCUT2D eigenvalue weighted by Crippen LogP contribution is -2.40. The topological polar surface area (TPSA) is 92.4 Å². The average molecular weight is 308 g/mol. The molecule has 1 atom stereocenters. The van der Waals surface area contributed by atoms with E-state index < -0.39 is 17.9 Å². The van der Waals surface area contributed by atoms with Crippen LogP contribution in [-0.2, 0) is 4.79 Å². The van der Waals surface area contributed by atoms with Crippen molar-refractivity contribution >= 4 is 23.2 Å². The van der Waals surface area contributed by atoms with Gasteiger partial charge in [0, 0.05) is 0 Å². The van der Waals surface area contributed by atoms with E-state index in [1.54, 1.807) is 12.1 Å². The van der Waals surface area contributed by atoms with Gasteiger partial charge in [0.2, 0.25) is 0 Å². The van der Waals surface area contributed by atoms with Crippen molar-refractivity contribution in [3.05, 3.63) is 29.5 Å². The predicted molar refractivity (Wildman–Crippen MR) is 78.2 cm³/mol. The molecule has 0 aliphatic rings. The van der Waals surface area contributed by atoms with Gasteiger partial charge in [-0.25, -0.2) is 9.78 Å². The molecule has 0 fully saturated rings. The van der Waals surface area contributed by atoms with Gasteiger partial charge in [0.25, 0.3) is 5.91 Å². The fraction of sp³-hybridized carbons (Fsp3) is 0.357. The molecule has 7 heteroatoms. The first-order chi connectivity index (χ1) is 10.1. The van der Waals surface area contributed by atoms with Crippen LogP contribution in [0.2, 0.25) is 0 Å². The highest BCUT2D eigenvalue weighted by molar-refractivity contribution is 7.16. The van der Waals surface area contributed by atoms with Crippen molar-refractivity contribution < 1.29 is 19.1 Å². The number of carbonyl (C=O) groups is 2. The Bertz CT molecular complexity index is 606. The number of nitrogens with zero attached hydrogens (tertiary/aromatic N) is 1. The van der Waals surface area contributed by atoms with Crippen molar-refractivity contribution in [1.82, 2.24) is 10.3 Å². The fourth-order valence-corrected chi connectivity index (χ4v) is 2.58. The van der Waals surface area contributed by atoms with Crippen LogP contribution in [0.15, 0.2) is 29.0 Å². The van der Waals surface area contributed by atoms with Gasteiger partial charge in [-0.1, -0.05) is 19.8 Å². The number of carboxylic acid groups (broad SMARTS) is 1. The molecule has 21 heavy (non-hydrogen) atoms. The Kier molecular flexibility index (Phi) is 5.10. The molecule has 0 radical (unpaired) electrons. The van der Waals surface area contributed by atoms with Gasteiger partial charge in [0.15, 0.2) is 10.8 Å². The molecule has 1 amide bonds. The molecule has 2 rings (SSSR count). The Morgan fingerprint density at radius 2 is 2.33 bits per heavy atom. The summed E-state index contributed by atoms with van der Waals surface area (Å²) in [6.07, 6.45) is 5.00. The van der Waals surface area contributed by atoms with E-state index in [-0.39, 0.29) is 0 Å². The molecule has 1 unspecified atom stereocenters. The number of furan rings is 1. The van der Waals surface area contributed by atoms with Gasteiger partial charge in [-0.3, -0.25) is 4.79 Å². The molecule has 2 N–H and O–H groups in total. The van der Waals surface area contributed by atoms with E-state index >= 15 is 0 Å². The average Bonchev–Trinajstić information content (AvgIpc) is 3.12. The lowest BCUT2D eigenvalue weighted by molar-refractivity contribution is -0.139. The van der Waals surface area contributed by atoms with E-state index in [9.17, 15) is 9.59 Å². The number of carbonyl (C=O) groups excluding carboxylic acids is 1. The van der Waals surface area contributed by atoms with Gasteiger partial charge in [0.1, 0.15) is 10.9 Å². The first kappa shape index (κ1) is 15.2. The molecule has 0 saturated carbocycles. The van der Waals surface area contributed by atoms with Gasteiger partial charge in [-0.15, -0.1) is 11.3 Å². The number of rotatable bonds is 7. The maximum atomic E-state index is 12.1. The first-order valence-electron chi connectivity index (χ1n) is 6.65. The molecule has 0 bridgehead atoms. The number of hydrogen-bond donors (Lipinski definition) is 2. The predicted octanol–water partition coefficient (Wildman–Crippen LogP) is 2.78. The van der Waals surface area contributed by atoms with Crippen molar-refractivity contribution in [2.24, 2.45) is 0 Å². The molecule has 0 aliphatic carbocycles. The summed E-state index contributed by atoms with van der Waals surface area (Å²) in [5.74, 6) is -0.860. The molecular formula is C14H16N2O4S. The lowest BCUT2D eigenvalue weighted by atomic mass is 10.1. The molecule has 0 aromatic carbocycles. The minimum Gasteiger partial charge on any atom is -0.480 e. The number of unbranched alkanes of at least 4 members (excludes halogenated alkanes) is 1. The van der Waals surface area contributed by atoms with Crippen LogP contribution in [0, 0.1) is 0 Å². The van der Waals surface area contributed by atoms with Gasteiger partial charge < -0.3 is 14.8 Å². The summed E-state index contributed by atoms with van der Waals surface area (Å²) >= 11 is 1.17. The Morgan fingerprint density at radius 1 is 1.52 bits per heavy atom. The summed E-state index contributed by atoms with van der Waals surface area (Å²) < 4.78 is 5.21. The zero-order valence-electron chi connectivity index (χ0n) is 11.5. The number of aliphatic carboxylic acids is 1. The van der Waals surface area contributed by atoms with Crippen molar-refractivity contribution in [1.29, 1.82) is 0 Å². The Morgan fingerprint density at radius 3 is 2.95 bits per heavy atom. The Balaban J connectivity index is 2.04. The van der Waals surface area contributed by atoms with Crippen LogP contribution in [0.5, 0.6) is 0 Å². The molecule has 2 aromatic rings. The van der Waals surface area contributed by atoms with Crippen LogP contribution in [0.4, 0.5) is 0 Å². The Hall–Kier alpha value is -2.15. The minimum absolute atomic E-state index is 0.365. The smallest absolute Gasteiger partial charge is 0.326 e. The summed E-state index contributed by atoms with van der Waals surface area (Å²) in [5.41, 5.74) is 0. The van der Waals surface area contributed by atoms with Crippen LogP contribution in [0.25, 0.3) is 10.8 Å². The van der Waals surface area contributed by atoms with E-state index in [1.165, 1.54) is 23.8 Å². The molecule has 0 aliphatic heterocycles. The monoisotopic (exact) mass is 308 g/mol. The van der Waals surface area contributed by atoms with Crippen molar-refractivity contribution in [2.45, 2.75) is 32.2 Å². The van der Waals surface area contributed by atoms with E-state index in [0.717, 1.165) is 12.8 Å². The zero-order valence-corrected chi connectivity index (χ0v) is 12.4. The third kappa shape index (κ3) is 3.91. The third-order valence-corrected chi connectivity index (χ3v) is 3.92. The molecule has 0 saturated heterocycles. The molecule has 2 heterocycles. The highest BCUT2D eigenvalue weighted by Crippen LogP contribution is 2.25. The quantitative estimate of drug-likeness (QED) is 0.820. The molecule has 112 valence electrons. The number of amides is 1. The van der Waals surface area contributed by atoms with E-state index in [0.29, 0.717) is 22.1 Å². The third-order valence-electron chi connectivity index (χ3n) is 2.91. The second kappa shape index (κ2) is 7.03. The van der Waals surface area contributed by atoms with Crippen molar-refractivity contribution in [2.75, 3.05) is 0 Å². The van der Waals surface area contributed by atoms with Crippen molar-refractivity contribution in [3.8, 4) is 10.8 Å². The van der Waals surface area contributed by atoms with Crippen LogP contribution in [-0.4, -0.2) is 28.0 Å². The van der Waals surface area contributed by atoms with Crippen LogP contribution in [0.1, 0.15) is 35.9 Å². The van der Waals surface area contributed by atoms with Gasteiger partial charge in [-0.2, -0.15) is 0 Å². The van der Waals surface area contributed by atoms with Gasteiger partial charge in [-0.05, 0) is 18.6 Å². The maximum Gasteiger partial charge on any atom is 0.326 e. The van der Waals surface area contributed by atoms with Crippen LogP contribution >= 0.6 is 11.3 Å². The maximum absolute atomic E-state index is 12.1. The summed E-state index contributed by atoms with van der Waals surface area (Å²) in [5, 5.41) is 12.2. The summed E-state index contributed by atoms with van der Waals surface area (Å²) in [4.78, 5) is 27.7. The molecule has 6 nitrogen and oxygen atoms in total. The summed E-state index contributed by atoms with van der Waals surface area (Å²) in [6, 6.07) is 2.62. The number of carboxylic acids is 1. The van der Waals surface area contributed by atoms with Crippen LogP contribution < -0.4 is 5.32 Å². The summed E-state index contributed by atoms with van der Waals surface area (Å²) in [7, 11) is 0. The minimum atomic E-state index is -1.02. The standard InChI is InChI=1S/C14H16N2O4S/c1-2-3-5-9(14(18)19)16-12(17)11-8-15-13(21-11)10-6-4-7-20-10/h4,6-9H,2-3,5H2,1H3,(H,16,17)(H,18,19). The SMILES string of the molecule is CCCCC(NC(=O)c1cnc(-c2ccco2)s1)C(=O)O. The second-order valence-electron chi connectivity index (χ2n) is 4.51. The number of aromatic nitrogens is 1. The largest absolute Gasteiger partial charge is 0.480 e. The molecule has 0 spiro atoms. The van der Waals surface area contributed by atoms with Gasteiger partial charge in [0.05, 0.1) is 12.5 Å². The number of nitrogens with one attached hydrogen (secondary N) is 1. The van der Waals surface area contributed by atoms with E-state index in [1.807, 2.05) is 6.92 Å². The van der Waals surface area contributed by atoms with Crippen molar-refractivity contribution in [3.63, 3.8) is 0 Å². The number of thiazole rings is 1. The molecule has 2 aromatic heterocycles. The Labute approximate surface area is 125 Å². The summed E-state index contributed by atoms with van der Waals surface area (Å²) in [6.45, 7) is 1.97. The second-order valence-corrected chi connectivity index (χ2v) is 5.54. The van der Waals surface area contributed by atoms with E-state index in [2.05, 4.69) is 10.3 Å². The normalized spacial score (nSPS) is 12.0. The highest BCUT2D eigenvalue weighted by atomic mass is 32.1. The fourth-order valence-electron chi connectivity index (χ4n) is 1.79. The lowest BCUT2D eigenvalue weighted by Gasteiger charge is -2.12. The zero-order chi connectivity index (χ0) is 15.2.